The molecule has 5 unspecified atom stereocenters. The standard InChI is InChI=1S/C11H13ClO3.C11H11ClO3.C11H12O3/c2*1-2-15-11(14)9(12)10(13)8-6-4-3-5-7-8;1-2-13-11(12)10-9(14-10)8-6-4-3-5-7-8/h3-7,9-10,13H,2H2,1H3;3-7,9H,2H2,1H3;3-7,9-10H,2H2,1H3. The van der Waals surface area contributed by atoms with E-state index in [0.717, 1.165) is 5.56 Å². The van der Waals surface area contributed by atoms with Crippen LogP contribution in [0, 0.1) is 0 Å². The Morgan fingerprint density at radius 2 is 1.20 bits per heavy atom. The highest BCUT2D eigenvalue weighted by Gasteiger charge is 2.47. The SMILES string of the molecule is CCOC(=O)C(Cl)C(=O)c1ccccc1.CCOC(=O)C(Cl)C(O)c1ccccc1.CCOC(=O)C1OC1c1ccccc1. The van der Waals surface area contributed by atoms with Crippen LogP contribution in [0.15, 0.2) is 91.0 Å². The number of benzene rings is 3. The molecule has 3 aromatic carbocycles. The first-order valence-electron chi connectivity index (χ1n) is 14.0. The van der Waals surface area contributed by atoms with E-state index in [1.807, 2.05) is 36.4 Å². The third-order valence-corrected chi connectivity index (χ3v) is 6.64. The molecule has 3 aromatic rings. The lowest BCUT2D eigenvalue weighted by molar-refractivity contribution is -0.145. The van der Waals surface area contributed by atoms with Crippen LogP contribution in [0.3, 0.4) is 0 Å². The predicted molar refractivity (Wildman–Crippen MR) is 165 cm³/mol. The summed E-state index contributed by atoms with van der Waals surface area (Å²) in [6, 6.07) is 26.9. The van der Waals surface area contributed by atoms with Gasteiger partial charge in [-0.3, -0.25) is 9.59 Å². The fourth-order valence-corrected chi connectivity index (χ4v) is 4.05. The van der Waals surface area contributed by atoms with Gasteiger partial charge in [0.2, 0.25) is 0 Å². The van der Waals surface area contributed by atoms with Gasteiger partial charge in [0.15, 0.2) is 22.6 Å². The van der Waals surface area contributed by atoms with E-state index in [-0.39, 0.29) is 25.3 Å². The molecule has 1 heterocycles. The van der Waals surface area contributed by atoms with Gasteiger partial charge in [-0.05, 0) is 31.9 Å². The summed E-state index contributed by atoms with van der Waals surface area (Å²) in [6.07, 6.45) is -1.53. The van der Waals surface area contributed by atoms with E-state index in [4.69, 9.17) is 37.4 Å². The van der Waals surface area contributed by atoms with Crippen molar-refractivity contribution in [1.82, 2.24) is 0 Å². The molecular weight excluding hydrogens is 611 g/mol. The number of Topliss-reactive ketones (excluding diaryl/α,β-unsaturated/α-hetero) is 1. The van der Waals surface area contributed by atoms with Crippen molar-refractivity contribution in [2.75, 3.05) is 19.8 Å². The van der Waals surface area contributed by atoms with E-state index < -0.39 is 40.7 Å². The van der Waals surface area contributed by atoms with Crippen molar-refractivity contribution in [3.8, 4) is 0 Å². The summed E-state index contributed by atoms with van der Waals surface area (Å²) in [5, 5.41) is 7.43. The number of carbonyl (C=O) groups excluding carboxylic acids is 4. The molecule has 4 rings (SSSR count). The maximum atomic E-state index is 11.6. The van der Waals surface area contributed by atoms with E-state index >= 15 is 0 Å². The topological polar surface area (TPSA) is 129 Å². The number of hydrogen-bond donors (Lipinski definition) is 1. The lowest BCUT2D eigenvalue weighted by Gasteiger charge is -2.15. The number of aliphatic hydroxyl groups is 1. The minimum Gasteiger partial charge on any atom is -0.465 e. The molecule has 0 radical (unpaired) electrons. The van der Waals surface area contributed by atoms with Crippen LogP contribution in [-0.2, 0) is 33.3 Å². The van der Waals surface area contributed by atoms with Crippen LogP contribution in [0.4, 0.5) is 0 Å². The molecule has 1 aliphatic rings. The molecule has 0 spiro atoms. The van der Waals surface area contributed by atoms with E-state index in [9.17, 15) is 24.3 Å². The summed E-state index contributed by atoms with van der Waals surface area (Å²) in [5.74, 6) is -2.00. The molecule has 9 nitrogen and oxygen atoms in total. The van der Waals surface area contributed by atoms with Crippen LogP contribution in [-0.4, -0.2) is 65.5 Å². The molecule has 0 saturated carbocycles. The van der Waals surface area contributed by atoms with Crippen LogP contribution >= 0.6 is 23.2 Å². The van der Waals surface area contributed by atoms with Crippen LogP contribution in [0.2, 0.25) is 0 Å². The summed E-state index contributed by atoms with van der Waals surface area (Å²) in [4.78, 5) is 45.3. The number of carbonyl (C=O) groups is 4. The second-order valence-electron chi connectivity index (χ2n) is 8.99. The third-order valence-electron chi connectivity index (χ3n) is 5.85. The number of hydrogen-bond acceptors (Lipinski definition) is 9. The Balaban J connectivity index is 0.000000230. The number of rotatable bonds is 11. The van der Waals surface area contributed by atoms with Crippen LogP contribution in [0.25, 0.3) is 0 Å². The number of ether oxygens (including phenoxy) is 4. The number of epoxide rings is 1. The molecule has 1 saturated heterocycles. The highest BCUT2D eigenvalue weighted by Crippen LogP contribution is 2.39. The van der Waals surface area contributed by atoms with Crippen LogP contribution in [0.1, 0.15) is 54.5 Å². The minimum absolute atomic E-state index is 0.102. The van der Waals surface area contributed by atoms with E-state index in [1.54, 1.807) is 75.4 Å². The van der Waals surface area contributed by atoms with Crippen molar-refractivity contribution in [1.29, 1.82) is 0 Å². The first-order valence-corrected chi connectivity index (χ1v) is 14.8. The second kappa shape index (κ2) is 19.5. The summed E-state index contributed by atoms with van der Waals surface area (Å²) in [5.41, 5.74) is 2.04. The molecule has 1 aliphatic heterocycles. The number of ketones is 1. The first-order chi connectivity index (χ1) is 21.2. The Bertz CT molecular complexity index is 1310. The van der Waals surface area contributed by atoms with Crippen molar-refractivity contribution in [2.45, 2.75) is 49.8 Å². The minimum atomic E-state index is -1.26. The van der Waals surface area contributed by atoms with Crippen molar-refractivity contribution >= 4 is 46.9 Å². The Hall–Kier alpha value is -3.76. The van der Waals surface area contributed by atoms with Gasteiger partial charge in [0.25, 0.3) is 0 Å². The zero-order valence-electron chi connectivity index (χ0n) is 24.6. The van der Waals surface area contributed by atoms with Gasteiger partial charge >= 0.3 is 17.9 Å². The number of esters is 3. The highest BCUT2D eigenvalue weighted by atomic mass is 35.5. The Labute approximate surface area is 267 Å². The molecule has 11 heteroatoms. The molecule has 0 bridgehead atoms. The Kier molecular flexibility index (Phi) is 16.1. The summed E-state index contributed by atoms with van der Waals surface area (Å²) >= 11 is 11.4. The van der Waals surface area contributed by atoms with Gasteiger partial charge in [-0.15, -0.1) is 23.2 Å². The maximum Gasteiger partial charge on any atom is 0.338 e. The van der Waals surface area contributed by atoms with Gasteiger partial charge in [-0.25, -0.2) is 9.59 Å². The molecule has 5 atom stereocenters. The largest absolute Gasteiger partial charge is 0.465 e. The fourth-order valence-electron chi connectivity index (χ4n) is 3.65. The lowest BCUT2D eigenvalue weighted by Crippen LogP contribution is -2.26. The average molecular weight is 648 g/mol. The zero-order valence-corrected chi connectivity index (χ0v) is 26.1. The number of aliphatic hydroxyl groups excluding tert-OH is 1. The molecule has 44 heavy (non-hydrogen) atoms. The lowest BCUT2D eigenvalue weighted by atomic mass is 10.1. The van der Waals surface area contributed by atoms with Crippen LogP contribution in [0.5, 0.6) is 0 Å². The first kappa shape index (κ1) is 36.4. The van der Waals surface area contributed by atoms with Crippen molar-refractivity contribution in [3.05, 3.63) is 108 Å². The van der Waals surface area contributed by atoms with Gasteiger partial charge in [-0.1, -0.05) is 91.0 Å². The van der Waals surface area contributed by atoms with Crippen LogP contribution < -0.4 is 0 Å². The number of halogens is 2. The average Bonchev–Trinajstić information content (AvgIpc) is 3.87. The summed E-state index contributed by atoms with van der Waals surface area (Å²) in [7, 11) is 0. The molecule has 0 aliphatic carbocycles. The summed E-state index contributed by atoms with van der Waals surface area (Å²) in [6.45, 7) is 6.01. The van der Waals surface area contributed by atoms with Crippen molar-refractivity contribution in [3.63, 3.8) is 0 Å². The Morgan fingerprint density at radius 3 is 1.73 bits per heavy atom. The van der Waals surface area contributed by atoms with Gasteiger partial charge < -0.3 is 24.1 Å². The maximum absolute atomic E-state index is 11.6. The zero-order chi connectivity index (χ0) is 32.5. The normalized spacial score (nSPS) is 16.7. The monoisotopic (exact) mass is 646 g/mol. The smallest absolute Gasteiger partial charge is 0.338 e. The number of alkyl halides is 2. The van der Waals surface area contributed by atoms with Crippen molar-refractivity contribution in [2.24, 2.45) is 0 Å². The van der Waals surface area contributed by atoms with Gasteiger partial charge in [0.05, 0.1) is 19.8 Å². The van der Waals surface area contributed by atoms with Gasteiger partial charge in [0.1, 0.15) is 12.2 Å². The van der Waals surface area contributed by atoms with E-state index in [1.165, 1.54) is 0 Å². The predicted octanol–water partition coefficient (Wildman–Crippen LogP) is 5.62. The quantitative estimate of drug-likeness (QED) is 0.0704. The Morgan fingerprint density at radius 1 is 0.727 bits per heavy atom. The van der Waals surface area contributed by atoms with Gasteiger partial charge in [0, 0.05) is 5.56 Å². The van der Waals surface area contributed by atoms with Gasteiger partial charge in [-0.2, -0.15) is 0 Å². The molecule has 1 N–H and O–H groups in total. The molecule has 236 valence electrons. The highest BCUT2D eigenvalue weighted by molar-refractivity contribution is 6.43. The second-order valence-corrected chi connectivity index (χ2v) is 9.90. The van der Waals surface area contributed by atoms with Crippen molar-refractivity contribution < 1.29 is 43.2 Å². The molecule has 1 fully saturated rings. The fraction of sp³-hybridized carbons (Fsp3) is 0.333. The van der Waals surface area contributed by atoms with E-state index in [0.29, 0.717) is 17.7 Å². The molecular formula is C33H36Cl2O9. The molecule has 0 aromatic heterocycles. The molecule has 0 amide bonds. The summed E-state index contributed by atoms with van der Waals surface area (Å²) < 4.78 is 19.5. The van der Waals surface area contributed by atoms with E-state index in [2.05, 4.69) is 4.74 Å². The third kappa shape index (κ3) is 11.7.